The molecule has 1 saturated heterocycles. The molecule has 2 heterocycles. The Morgan fingerprint density at radius 3 is 2.60 bits per heavy atom. The van der Waals surface area contributed by atoms with Gasteiger partial charge in [0.05, 0.1) is 18.9 Å². The fourth-order valence-electron chi connectivity index (χ4n) is 3.74. The molecule has 0 amide bonds. The Balaban J connectivity index is 1.80. The van der Waals surface area contributed by atoms with Crippen molar-refractivity contribution in [1.29, 1.82) is 0 Å². The topological polar surface area (TPSA) is 47.7 Å². The molecule has 0 aliphatic carbocycles. The molecule has 25 heavy (non-hydrogen) atoms. The van der Waals surface area contributed by atoms with Gasteiger partial charge in [-0.3, -0.25) is 4.90 Å². The van der Waals surface area contributed by atoms with E-state index in [0.29, 0.717) is 19.3 Å². The largest absolute Gasteiger partial charge is 0.490 e. The highest BCUT2D eigenvalue weighted by atomic mass is 16.5. The number of nitrogens with zero attached hydrogens (tertiary/aromatic N) is 2. The van der Waals surface area contributed by atoms with Gasteiger partial charge in [0.2, 0.25) is 0 Å². The van der Waals surface area contributed by atoms with Crippen LogP contribution in [0, 0.1) is 13.8 Å². The lowest BCUT2D eigenvalue weighted by molar-refractivity contribution is 0.244. The Bertz CT molecular complexity index is 691. The SMILES string of the molecule is CCOc1ccc(CN2CCC[C@@H]2c2c(C)noc2C)cc1OCC. The van der Waals surface area contributed by atoms with Crippen molar-refractivity contribution in [2.24, 2.45) is 0 Å². The summed E-state index contributed by atoms with van der Waals surface area (Å²) in [5.74, 6) is 2.59. The molecule has 5 heteroatoms. The molecule has 0 bridgehead atoms. The summed E-state index contributed by atoms with van der Waals surface area (Å²) in [5, 5.41) is 4.13. The first-order valence-electron chi connectivity index (χ1n) is 9.19. The van der Waals surface area contributed by atoms with E-state index >= 15 is 0 Å². The van der Waals surface area contributed by atoms with Gasteiger partial charge in [-0.05, 0) is 64.8 Å². The Kier molecular flexibility index (Phi) is 5.63. The molecule has 5 nitrogen and oxygen atoms in total. The van der Waals surface area contributed by atoms with Crippen molar-refractivity contribution in [3.63, 3.8) is 0 Å². The van der Waals surface area contributed by atoms with Gasteiger partial charge in [-0.1, -0.05) is 11.2 Å². The van der Waals surface area contributed by atoms with Crippen LogP contribution in [-0.4, -0.2) is 29.8 Å². The summed E-state index contributed by atoms with van der Waals surface area (Å²) in [7, 11) is 0. The van der Waals surface area contributed by atoms with Crippen LogP contribution >= 0.6 is 0 Å². The van der Waals surface area contributed by atoms with E-state index in [9.17, 15) is 0 Å². The Morgan fingerprint density at radius 1 is 1.16 bits per heavy atom. The fourth-order valence-corrected chi connectivity index (χ4v) is 3.74. The van der Waals surface area contributed by atoms with Gasteiger partial charge in [-0.2, -0.15) is 0 Å². The molecule has 1 aromatic heterocycles. The van der Waals surface area contributed by atoms with Crippen LogP contribution in [-0.2, 0) is 6.54 Å². The maximum atomic E-state index is 5.76. The van der Waals surface area contributed by atoms with Gasteiger partial charge in [0.15, 0.2) is 11.5 Å². The first-order chi connectivity index (χ1) is 12.1. The number of hydrogen-bond donors (Lipinski definition) is 0. The maximum absolute atomic E-state index is 5.76. The number of benzene rings is 1. The lowest BCUT2D eigenvalue weighted by atomic mass is 10.0. The second-order valence-corrected chi connectivity index (χ2v) is 6.51. The highest BCUT2D eigenvalue weighted by Crippen LogP contribution is 2.37. The molecule has 1 aromatic carbocycles. The van der Waals surface area contributed by atoms with E-state index in [1.54, 1.807) is 0 Å². The minimum atomic E-state index is 0.383. The highest BCUT2D eigenvalue weighted by Gasteiger charge is 2.30. The number of likely N-dealkylation sites (tertiary alicyclic amines) is 1. The molecule has 0 radical (unpaired) electrons. The monoisotopic (exact) mass is 344 g/mol. The van der Waals surface area contributed by atoms with Crippen molar-refractivity contribution in [3.05, 3.63) is 40.8 Å². The van der Waals surface area contributed by atoms with Gasteiger partial charge in [-0.15, -0.1) is 0 Å². The van der Waals surface area contributed by atoms with Gasteiger partial charge in [0.25, 0.3) is 0 Å². The number of aromatic nitrogens is 1. The van der Waals surface area contributed by atoms with Crippen molar-refractivity contribution in [3.8, 4) is 11.5 Å². The second-order valence-electron chi connectivity index (χ2n) is 6.51. The van der Waals surface area contributed by atoms with Crippen LogP contribution in [0.15, 0.2) is 22.7 Å². The van der Waals surface area contributed by atoms with Crippen LogP contribution in [0.1, 0.15) is 55.3 Å². The van der Waals surface area contributed by atoms with Crippen LogP contribution in [0.4, 0.5) is 0 Å². The molecule has 1 aliphatic rings. The zero-order valence-electron chi connectivity index (χ0n) is 15.7. The van der Waals surface area contributed by atoms with Gasteiger partial charge >= 0.3 is 0 Å². The minimum absolute atomic E-state index is 0.383. The molecule has 2 aromatic rings. The summed E-state index contributed by atoms with van der Waals surface area (Å²) in [6.07, 6.45) is 2.35. The van der Waals surface area contributed by atoms with E-state index < -0.39 is 0 Å². The molecule has 136 valence electrons. The van der Waals surface area contributed by atoms with Crippen LogP contribution in [0.5, 0.6) is 11.5 Å². The molecule has 0 unspecified atom stereocenters. The third-order valence-corrected chi connectivity index (χ3v) is 4.78. The zero-order valence-corrected chi connectivity index (χ0v) is 15.7. The first-order valence-corrected chi connectivity index (χ1v) is 9.19. The van der Waals surface area contributed by atoms with Crippen LogP contribution in [0.3, 0.4) is 0 Å². The third kappa shape index (κ3) is 3.82. The summed E-state index contributed by atoms with van der Waals surface area (Å²) in [4.78, 5) is 2.51. The quantitative estimate of drug-likeness (QED) is 0.744. The summed E-state index contributed by atoms with van der Waals surface area (Å²) >= 11 is 0. The number of hydrogen-bond acceptors (Lipinski definition) is 5. The van der Waals surface area contributed by atoms with Crippen molar-refractivity contribution in [2.45, 2.75) is 53.1 Å². The number of ether oxygens (including phenoxy) is 2. The van der Waals surface area contributed by atoms with E-state index in [-0.39, 0.29) is 0 Å². The third-order valence-electron chi connectivity index (χ3n) is 4.78. The highest BCUT2D eigenvalue weighted by molar-refractivity contribution is 5.43. The molecule has 1 atom stereocenters. The lowest BCUT2D eigenvalue weighted by Crippen LogP contribution is -2.23. The van der Waals surface area contributed by atoms with Crippen molar-refractivity contribution >= 4 is 0 Å². The molecule has 0 N–H and O–H groups in total. The van der Waals surface area contributed by atoms with E-state index in [0.717, 1.165) is 42.5 Å². The second kappa shape index (κ2) is 7.91. The molecule has 0 saturated carbocycles. The van der Waals surface area contributed by atoms with Crippen molar-refractivity contribution in [1.82, 2.24) is 10.1 Å². The molecule has 0 spiro atoms. The van der Waals surface area contributed by atoms with E-state index in [1.165, 1.54) is 17.5 Å². The molecule has 1 fully saturated rings. The summed E-state index contributed by atoms with van der Waals surface area (Å²) in [6, 6.07) is 6.64. The van der Waals surface area contributed by atoms with Crippen molar-refractivity contribution < 1.29 is 14.0 Å². The van der Waals surface area contributed by atoms with E-state index in [4.69, 9.17) is 14.0 Å². The average Bonchev–Trinajstić information content (AvgIpc) is 3.16. The van der Waals surface area contributed by atoms with E-state index in [2.05, 4.69) is 22.2 Å². The minimum Gasteiger partial charge on any atom is -0.490 e. The summed E-state index contributed by atoms with van der Waals surface area (Å²) < 4.78 is 16.8. The predicted octanol–water partition coefficient (Wildman–Crippen LogP) is 4.43. The smallest absolute Gasteiger partial charge is 0.161 e. The van der Waals surface area contributed by atoms with Gasteiger partial charge in [0.1, 0.15) is 5.76 Å². The number of aryl methyl sites for hydroxylation is 2. The van der Waals surface area contributed by atoms with Gasteiger partial charge < -0.3 is 14.0 Å². The Morgan fingerprint density at radius 2 is 1.92 bits per heavy atom. The standard InChI is InChI=1S/C20H28N2O3/c1-5-23-18-10-9-16(12-19(18)24-6-2)13-22-11-7-8-17(22)20-14(3)21-25-15(20)4/h9-10,12,17H,5-8,11,13H2,1-4H3/t17-/m1/s1. The molecular formula is C20H28N2O3. The summed E-state index contributed by atoms with van der Waals surface area (Å²) in [6.45, 7) is 11.3. The number of rotatable bonds is 7. The average molecular weight is 344 g/mol. The first kappa shape index (κ1) is 17.8. The predicted molar refractivity (Wildman–Crippen MR) is 97.1 cm³/mol. The van der Waals surface area contributed by atoms with Crippen LogP contribution in [0.2, 0.25) is 0 Å². The van der Waals surface area contributed by atoms with Crippen LogP contribution in [0.25, 0.3) is 0 Å². The normalized spacial score (nSPS) is 17.8. The molecule has 3 rings (SSSR count). The van der Waals surface area contributed by atoms with Crippen LogP contribution < -0.4 is 9.47 Å². The van der Waals surface area contributed by atoms with Gasteiger partial charge in [0, 0.05) is 18.2 Å². The zero-order chi connectivity index (χ0) is 17.8. The molecular weight excluding hydrogens is 316 g/mol. The Hall–Kier alpha value is -2.01. The van der Waals surface area contributed by atoms with E-state index in [1.807, 2.05) is 33.8 Å². The molecule has 1 aliphatic heterocycles. The van der Waals surface area contributed by atoms with Gasteiger partial charge in [-0.25, -0.2) is 0 Å². The maximum Gasteiger partial charge on any atom is 0.161 e. The fraction of sp³-hybridized carbons (Fsp3) is 0.550. The lowest BCUT2D eigenvalue weighted by Gasteiger charge is -2.25. The van der Waals surface area contributed by atoms with Crippen molar-refractivity contribution in [2.75, 3.05) is 19.8 Å². The summed E-state index contributed by atoms with van der Waals surface area (Å²) in [5.41, 5.74) is 3.51. The Labute approximate surface area is 149 Å².